The molecule has 0 unspecified atom stereocenters. The lowest BCUT2D eigenvalue weighted by atomic mass is 10.0. The number of carbonyl (C=O) groups excluding carboxylic acids is 1. The Labute approximate surface area is 208 Å². The normalized spacial score (nSPS) is 11.3. The number of H-pyrrole nitrogens is 1. The fraction of sp³-hybridized carbons (Fsp3) is 0.200. The number of aromatic hydroxyl groups is 1. The van der Waals surface area contributed by atoms with Crippen LogP contribution < -0.4 is 9.46 Å². The van der Waals surface area contributed by atoms with E-state index in [1.54, 1.807) is 48.5 Å². The zero-order chi connectivity index (χ0) is 25.7. The van der Waals surface area contributed by atoms with Gasteiger partial charge in [0.25, 0.3) is 10.0 Å². The summed E-state index contributed by atoms with van der Waals surface area (Å²) in [5, 5.41) is 24.1. The number of phenolic OH excluding ortho intramolecular Hbond substituents is 1. The van der Waals surface area contributed by atoms with Gasteiger partial charge in [-0.05, 0) is 72.7 Å². The number of benzene rings is 3. The van der Waals surface area contributed by atoms with Gasteiger partial charge in [0.05, 0.1) is 10.5 Å². The number of ether oxygens (including phenoxy) is 1. The summed E-state index contributed by atoms with van der Waals surface area (Å²) >= 11 is 0. The topological polar surface area (TPSA) is 147 Å². The largest absolute Gasteiger partial charge is 0.507 e. The lowest BCUT2D eigenvalue weighted by molar-refractivity contribution is 0.101. The number of aromatic nitrogens is 4. The van der Waals surface area contributed by atoms with Crippen molar-refractivity contribution in [3.05, 3.63) is 77.4 Å². The zero-order valence-corrected chi connectivity index (χ0v) is 20.5. The van der Waals surface area contributed by atoms with E-state index >= 15 is 0 Å². The molecule has 1 heterocycles. The number of anilines is 1. The molecule has 1 aromatic heterocycles. The number of nitrogens with zero attached hydrogens (tertiary/aromatic N) is 3. The monoisotopic (exact) mass is 507 g/mol. The molecule has 4 aromatic rings. The molecule has 0 atom stereocenters. The number of ketones is 1. The van der Waals surface area contributed by atoms with Crippen LogP contribution in [0, 0.1) is 0 Å². The van der Waals surface area contributed by atoms with Crippen LogP contribution in [0.15, 0.2) is 65.6 Å². The van der Waals surface area contributed by atoms with Crippen LogP contribution >= 0.6 is 0 Å². The molecule has 0 amide bonds. The first-order valence-electron chi connectivity index (χ1n) is 11.2. The predicted molar refractivity (Wildman–Crippen MR) is 133 cm³/mol. The van der Waals surface area contributed by atoms with Crippen molar-refractivity contribution in [2.45, 2.75) is 38.2 Å². The smallest absolute Gasteiger partial charge is 0.261 e. The molecule has 0 saturated carbocycles. The molecule has 36 heavy (non-hydrogen) atoms. The maximum absolute atomic E-state index is 12.8. The van der Waals surface area contributed by atoms with E-state index in [2.05, 4.69) is 25.3 Å². The van der Waals surface area contributed by atoms with E-state index in [0.717, 1.165) is 12.0 Å². The quantitative estimate of drug-likeness (QED) is 0.272. The van der Waals surface area contributed by atoms with Crippen LogP contribution in [0.3, 0.4) is 0 Å². The molecule has 0 saturated heterocycles. The number of rotatable bonds is 10. The van der Waals surface area contributed by atoms with Gasteiger partial charge < -0.3 is 9.84 Å². The summed E-state index contributed by atoms with van der Waals surface area (Å²) in [4.78, 5) is 11.8. The number of hydrogen-bond donors (Lipinski definition) is 3. The van der Waals surface area contributed by atoms with Crippen LogP contribution in [0.4, 0.5) is 5.69 Å². The van der Waals surface area contributed by atoms with Gasteiger partial charge in [-0.3, -0.25) is 9.52 Å². The second-order valence-electron chi connectivity index (χ2n) is 8.10. The van der Waals surface area contributed by atoms with Crippen LogP contribution in [-0.4, -0.2) is 39.9 Å². The van der Waals surface area contributed by atoms with E-state index < -0.39 is 10.0 Å². The first-order chi connectivity index (χ1) is 17.3. The van der Waals surface area contributed by atoms with E-state index in [9.17, 15) is 18.3 Å². The maximum atomic E-state index is 12.8. The fourth-order valence-corrected chi connectivity index (χ4v) is 4.70. The number of sulfonamides is 1. The van der Waals surface area contributed by atoms with Crippen molar-refractivity contribution in [2.24, 2.45) is 0 Å². The molecule has 0 radical (unpaired) electrons. The SMILES string of the molecule is CCCc1c(OCc2ccc(S(=O)(=O)Nc3ccc(-c4nn[nH]n4)cc3)cc2)ccc(C(C)=O)c1O. The van der Waals surface area contributed by atoms with Crippen LogP contribution in [0.1, 0.15) is 41.8 Å². The molecule has 0 aliphatic carbocycles. The van der Waals surface area contributed by atoms with Crippen molar-refractivity contribution in [1.82, 2.24) is 20.6 Å². The highest BCUT2D eigenvalue weighted by atomic mass is 32.2. The Bertz CT molecular complexity index is 1450. The zero-order valence-electron chi connectivity index (χ0n) is 19.7. The van der Waals surface area contributed by atoms with Crippen molar-refractivity contribution in [2.75, 3.05) is 4.72 Å². The van der Waals surface area contributed by atoms with Crippen molar-refractivity contribution < 1.29 is 23.1 Å². The van der Waals surface area contributed by atoms with Crippen molar-refractivity contribution in [3.63, 3.8) is 0 Å². The molecule has 10 nitrogen and oxygen atoms in total. The molecule has 0 spiro atoms. The van der Waals surface area contributed by atoms with Gasteiger partial charge in [-0.2, -0.15) is 5.21 Å². The van der Waals surface area contributed by atoms with Crippen LogP contribution in [0.25, 0.3) is 11.4 Å². The summed E-state index contributed by atoms with van der Waals surface area (Å²) in [6.45, 7) is 3.54. The first-order valence-corrected chi connectivity index (χ1v) is 12.7. The molecule has 0 aliphatic heterocycles. The Balaban J connectivity index is 1.43. The van der Waals surface area contributed by atoms with Crippen LogP contribution in [-0.2, 0) is 23.1 Å². The van der Waals surface area contributed by atoms with Gasteiger partial charge in [-0.15, -0.1) is 10.2 Å². The minimum Gasteiger partial charge on any atom is -0.507 e. The number of aromatic amines is 1. The number of nitrogens with one attached hydrogen (secondary N) is 2. The number of hydrogen-bond acceptors (Lipinski definition) is 8. The predicted octanol–water partition coefficient (Wildman–Crippen LogP) is 4.11. The van der Waals surface area contributed by atoms with Crippen molar-refractivity contribution >= 4 is 21.5 Å². The molecule has 3 N–H and O–H groups in total. The Morgan fingerprint density at radius 3 is 2.39 bits per heavy atom. The average molecular weight is 508 g/mol. The lowest BCUT2D eigenvalue weighted by Gasteiger charge is -2.15. The molecular weight excluding hydrogens is 482 g/mol. The Kier molecular flexibility index (Phi) is 7.30. The molecule has 11 heteroatoms. The third-order valence-corrected chi connectivity index (χ3v) is 6.88. The fourth-order valence-electron chi connectivity index (χ4n) is 3.64. The summed E-state index contributed by atoms with van der Waals surface area (Å²) in [7, 11) is -3.80. The highest BCUT2D eigenvalue weighted by molar-refractivity contribution is 7.92. The van der Waals surface area contributed by atoms with E-state index in [0.29, 0.717) is 34.8 Å². The lowest BCUT2D eigenvalue weighted by Crippen LogP contribution is -2.13. The number of carbonyl (C=O) groups is 1. The minimum absolute atomic E-state index is 0.0558. The summed E-state index contributed by atoms with van der Waals surface area (Å²) in [5.41, 5.74) is 2.68. The van der Waals surface area contributed by atoms with Gasteiger partial charge in [0, 0.05) is 16.8 Å². The Hall–Kier alpha value is -4.25. The van der Waals surface area contributed by atoms with E-state index in [1.165, 1.54) is 19.1 Å². The first kappa shape index (κ1) is 24.9. The molecule has 3 aromatic carbocycles. The van der Waals surface area contributed by atoms with E-state index in [4.69, 9.17) is 4.74 Å². The molecule has 0 fully saturated rings. The van der Waals surface area contributed by atoms with E-state index in [1.807, 2.05) is 6.92 Å². The van der Waals surface area contributed by atoms with E-state index in [-0.39, 0.29) is 28.6 Å². The number of phenols is 1. The highest BCUT2D eigenvalue weighted by Crippen LogP contribution is 2.33. The average Bonchev–Trinajstić information content (AvgIpc) is 3.40. The van der Waals surface area contributed by atoms with Crippen molar-refractivity contribution in [1.29, 1.82) is 0 Å². The van der Waals surface area contributed by atoms with Gasteiger partial charge >= 0.3 is 0 Å². The molecule has 0 bridgehead atoms. The minimum atomic E-state index is -3.80. The number of tetrazole rings is 1. The summed E-state index contributed by atoms with van der Waals surface area (Å²) in [5.74, 6) is 0.625. The Morgan fingerprint density at radius 1 is 1.06 bits per heavy atom. The van der Waals surface area contributed by atoms with Gasteiger partial charge in [-0.1, -0.05) is 25.5 Å². The van der Waals surface area contributed by atoms with Gasteiger partial charge in [0.15, 0.2) is 5.78 Å². The molecular formula is C25H25N5O5S. The summed E-state index contributed by atoms with van der Waals surface area (Å²) in [6, 6.07) is 16.2. The highest BCUT2D eigenvalue weighted by Gasteiger charge is 2.17. The molecule has 186 valence electrons. The molecule has 0 aliphatic rings. The Morgan fingerprint density at radius 2 is 1.78 bits per heavy atom. The molecule has 4 rings (SSSR count). The van der Waals surface area contributed by atoms with Gasteiger partial charge in [0.1, 0.15) is 18.1 Å². The second kappa shape index (κ2) is 10.6. The van der Waals surface area contributed by atoms with Gasteiger partial charge in [0.2, 0.25) is 5.82 Å². The van der Waals surface area contributed by atoms with Crippen LogP contribution in [0.5, 0.6) is 11.5 Å². The van der Waals surface area contributed by atoms with Gasteiger partial charge in [-0.25, -0.2) is 8.42 Å². The third kappa shape index (κ3) is 5.52. The summed E-state index contributed by atoms with van der Waals surface area (Å²) in [6.07, 6.45) is 1.33. The standard InChI is InChI=1S/C25H25N5O5S/c1-3-4-22-23(14-13-21(16(2)31)24(22)32)35-15-17-5-11-20(12-6-17)36(33,34)28-19-9-7-18(8-10-19)25-26-29-30-27-25/h5-14,28,32H,3-4,15H2,1-2H3,(H,26,27,29,30). The maximum Gasteiger partial charge on any atom is 0.261 e. The summed E-state index contributed by atoms with van der Waals surface area (Å²) < 4.78 is 34.1. The third-order valence-electron chi connectivity index (χ3n) is 5.49. The number of Topliss-reactive ketones (excluding diaryl/α,β-unsaturated/α-hetero) is 1. The second-order valence-corrected chi connectivity index (χ2v) is 9.78. The van der Waals surface area contributed by atoms with Crippen LogP contribution in [0.2, 0.25) is 0 Å². The van der Waals surface area contributed by atoms with Crippen molar-refractivity contribution in [3.8, 4) is 22.9 Å².